The Kier molecular flexibility index (Phi) is 11.6. The molecule has 0 aromatic heterocycles. The number of esters is 1. The molecule has 1 saturated heterocycles. The first kappa shape index (κ1) is 33.0. The van der Waals surface area contributed by atoms with Crippen LogP contribution in [0.5, 0.6) is 0 Å². The van der Waals surface area contributed by atoms with Crippen molar-refractivity contribution in [2.24, 2.45) is 17.8 Å². The highest BCUT2D eigenvalue weighted by Gasteiger charge is 2.40. The minimum atomic E-state index is -0.898. The molecule has 1 fully saturated rings. The zero-order valence-electron chi connectivity index (χ0n) is 25.4. The second-order valence-corrected chi connectivity index (χ2v) is 11.9. The van der Waals surface area contributed by atoms with E-state index in [0.29, 0.717) is 11.4 Å². The van der Waals surface area contributed by atoms with E-state index in [1.54, 1.807) is 45.0 Å². The number of carbonyl (C=O) groups excluding carboxylic acids is 5. The summed E-state index contributed by atoms with van der Waals surface area (Å²) in [7, 11) is 0. The fraction of sp³-hybridized carbons (Fsp3) is 0.424. The third-order valence-corrected chi connectivity index (χ3v) is 6.59. The van der Waals surface area contributed by atoms with Gasteiger partial charge in [-0.05, 0) is 50.7 Å². The molecule has 0 spiro atoms. The van der Waals surface area contributed by atoms with Crippen LogP contribution in [0.3, 0.4) is 0 Å². The van der Waals surface area contributed by atoms with Gasteiger partial charge in [0.1, 0.15) is 25.3 Å². The predicted octanol–water partition coefficient (Wildman–Crippen LogP) is 4.75. The molecule has 2 atom stereocenters. The number of hydrazine groups is 1. The number of benzene rings is 2. The molecule has 1 unspecified atom stereocenters. The molecule has 4 amide bonds. The number of rotatable bonds is 11. The zero-order valence-corrected chi connectivity index (χ0v) is 25.4. The molecule has 2 aromatic rings. The number of piperazine rings is 1. The Bertz CT molecular complexity index is 1280. The molecular weight excluding hydrogens is 550 g/mol. The van der Waals surface area contributed by atoms with Gasteiger partial charge in [-0.2, -0.15) is 5.01 Å². The van der Waals surface area contributed by atoms with Gasteiger partial charge in [0, 0.05) is 0 Å². The number of hydrogen-bond acceptors (Lipinski definition) is 7. The number of allylic oxidation sites excluding steroid dienone is 1. The molecule has 10 heteroatoms. The van der Waals surface area contributed by atoms with E-state index in [-0.39, 0.29) is 18.9 Å². The van der Waals surface area contributed by atoms with Gasteiger partial charge in [-0.1, -0.05) is 86.7 Å². The van der Waals surface area contributed by atoms with Gasteiger partial charge in [0.15, 0.2) is 0 Å². The monoisotopic (exact) mass is 591 g/mol. The average molecular weight is 592 g/mol. The van der Waals surface area contributed by atoms with Crippen molar-refractivity contribution in [2.45, 2.75) is 59.7 Å². The highest BCUT2D eigenvalue weighted by molar-refractivity contribution is 6.03. The molecule has 0 aliphatic carbocycles. The van der Waals surface area contributed by atoms with Gasteiger partial charge in [0.2, 0.25) is 5.91 Å². The van der Waals surface area contributed by atoms with Gasteiger partial charge in [0.05, 0.1) is 11.8 Å². The first-order chi connectivity index (χ1) is 20.3. The summed E-state index contributed by atoms with van der Waals surface area (Å²) in [6, 6.07) is 18.6. The lowest BCUT2D eigenvalue weighted by Crippen LogP contribution is -2.62. The van der Waals surface area contributed by atoms with Crippen LogP contribution in [0.2, 0.25) is 0 Å². The van der Waals surface area contributed by atoms with Crippen LogP contribution < -0.4 is 5.43 Å². The van der Waals surface area contributed by atoms with Crippen molar-refractivity contribution in [1.29, 1.82) is 0 Å². The number of hydrogen-bond donors (Lipinski definition) is 1. The number of amides is 4. The number of imide groups is 1. The van der Waals surface area contributed by atoms with Gasteiger partial charge >= 0.3 is 12.1 Å². The third kappa shape index (κ3) is 10.4. The minimum absolute atomic E-state index is 0.0132. The Morgan fingerprint density at radius 3 is 2.05 bits per heavy atom. The Morgan fingerprint density at radius 1 is 0.907 bits per heavy atom. The summed E-state index contributed by atoms with van der Waals surface area (Å²) in [6.07, 6.45) is 3.39. The van der Waals surface area contributed by atoms with Gasteiger partial charge in [0.25, 0.3) is 11.8 Å². The second kappa shape index (κ2) is 15.1. The summed E-state index contributed by atoms with van der Waals surface area (Å²) in [5, 5.41) is 0.628. The number of nitrogens with one attached hydrogen (secondary N) is 1. The zero-order chi connectivity index (χ0) is 31.6. The molecule has 43 heavy (non-hydrogen) atoms. The van der Waals surface area contributed by atoms with Crippen LogP contribution in [0.4, 0.5) is 4.79 Å². The average Bonchev–Trinajstić information content (AvgIpc) is 2.94. The molecule has 1 aliphatic rings. The topological polar surface area (TPSA) is 122 Å². The number of nitrogens with zero attached hydrogens (tertiary/aromatic N) is 2. The molecule has 1 aliphatic heterocycles. The maximum Gasteiger partial charge on any atom is 0.411 e. The van der Waals surface area contributed by atoms with Crippen LogP contribution in [0.15, 0.2) is 66.7 Å². The standard InChI is InChI=1S/C33H41N3O7/c1-23(2)19-27(26(31(40)43-33(3,4)5)18-12-17-24-13-8-6-9-14-24)30(39)34-36-28(37)20-35(21-29(36)38)32(41)42-22-25-15-10-7-11-16-25/h6-17,23,26-27H,18-22H2,1-5H3,(H,34,39)/t26?,27-/m1/s1. The maximum absolute atomic E-state index is 13.7. The van der Waals surface area contributed by atoms with Crippen molar-refractivity contribution in [1.82, 2.24) is 15.3 Å². The fourth-order valence-corrected chi connectivity index (χ4v) is 4.60. The Morgan fingerprint density at radius 2 is 1.49 bits per heavy atom. The third-order valence-electron chi connectivity index (χ3n) is 6.59. The SMILES string of the molecule is CC(C)C[C@@H](C(=O)NN1C(=O)CN(C(=O)OCc2ccccc2)CC1=O)C(CC=Cc1ccccc1)C(=O)OC(C)(C)C. The van der Waals surface area contributed by atoms with Crippen LogP contribution in [0.1, 0.15) is 58.6 Å². The van der Waals surface area contributed by atoms with Crippen molar-refractivity contribution < 1.29 is 33.4 Å². The molecule has 0 radical (unpaired) electrons. The van der Waals surface area contributed by atoms with E-state index >= 15 is 0 Å². The van der Waals surface area contributed by atoms with Crippen LogP contribution in [0, 0.1) is 17.8 Å². The molecule has 1 N–H and O–H groups in total. The van der Waals surface area contributed by atoms with E-state index < -0.39 is 60.3 Å². The van der Waals surface area contributed by atoms with E-state index in [2.05, 4.69) is 5.43 Å². The molecule has 0 bridgehead atoms. The van der Waals surface area contributed by atoms with E-state index in [1.165, 1.54) is 0 Å². The molecule has 10 nitrogen and oxygen atoms in total. The van der Waals surface area contributed by atoms with Gasteiger partial charge in [-0.25, -0.2) is 4.79 Å². The van der Waals surface area contributed by atoms with Crippen LogP contribution in [0.25, 0.3) is 6.08 Å². The lowest BCUT2D eigenvalue weighted by Gasteiger charge is -2.34. The smallest absolute Gasteiger partial charge is 0.411 e. The largest absolute Gasteiger partial charge is 0.460 e. The molecule has 0 saturated carbocycles. The number of ether oxygens (including phenoxy) is 2. The lowest BCUT2D eigenvalue weighted by molar-refractivity contribution is -0.166. The summed E-state index contributed by atoms with van der Waals surface area (Å²) < 4.78 is 10.9. The first-order valence-electron chi connectivity index (χ1n) is 14.4. The quantitative estimate of drug-likeness (QED) is 0.296. The molecule has 1 heterocycles. The summed E-state index contributed by atoms with van der Waals surface area (Å²) in [4.78, 5) is 66.4. The van der Waals surface area contributed by atoms with E-state index in [9.17, 15) is 24.0 Å². The van der Waals surface area contributed by atoms with Crippen LogP contribution >= 0.6 is 0 Å². The van der Waals surface area contributed by atoms with Crippen molar-refractivity contribution in [2.75, 3.05) is 13.1 Å². The Hall–Kier alpha value is -4.47. The summed E-state index contributed by atoms with van der Waals surface area (Å²) in [5.41, 5.74) is 3.34. The van der Waals surface area contributed by atoms with Gasteiger partial charge in [-0.15, -0.1) is 0 Å². The van der Waals surface area contributed by atoms with Crippen molar-refractivity contribution >= 4 is 35.9 Å². The highest BCUT2D eigenvalue weighted by atomic mass is 16.6. The highest BCUT2D eigenvalue weighted by Crippen LogP contribution is 2.28. The number of carbonyl (C=O) groups is 5. The predicted molar refractivity (Wildman–Crippen MR) is 161 cm³/mol. The van der Waals surface area contributed by atoms with Crippen molar-refractivity contribution in [3.05, 3.63) is 77.9 Å². The summed E-state index contributed by atoms with van der Waals surface area (Å²) in [5.74, 6) is -4.54. The molecule has 2 aromatic carbocycles. The second-order valence-electron chi connectivity index (χ2n) is 11.9. The fourth-order valence-electron chi connectivity index (χ4n) is 4.60. The summed E-state index contributed by atoms with van der Waals surface area (Å²) >= 11 is 0. The van der Waals surface area contributed by atoms with E-state index in [1.807, 2.05) is 62.4 Å². The minimum Gasteiger partial charge on any atom is -0.460 e. The van der Waals surface area contributed by atoms with E-state index in [0.717, 1.165) is 16.0 Å². The normalized spacial score (nSPS) is 15.4. The van der Waals surface area contributed by atoms with Gasteiger partial charge < -0.3 is 9.47 Å². The molecule has 3 rings (SSSR count). The summed E-state index contributed by atoms with van der Waals surface area (Å²) in [6.45, 7) is 8.17. The Balaban J connectivity index is 1.73. The first-order valence-corrected chi connectivity index (χ1v) is 14.4. The molecular formula is C33H41N3O7. The van der Waals surface area contributed by atoms with Crippen LogP contribution in [-0.2, 0) is 35.3 Å². The van der Waals surface area contributed by atoms with Crippen LogP contribution in [-0.4, -0.2) is 58.4 Å². The molecule has 230 valence electrons. The van der Waals surface area contributed by atoms with E-state index in [4.69, 9.17) is 9.47 Å². The van der Waals surface area contributed by atoms with Gasteiger partial charge in [-0.3, -0.25) is 29.5 Å². The maximum atomic E-state index is 13.7. The van der Waals surface area contributed by atoms with Crippen molar-refractivity contribution in [3.63, 3.8) is 0 Å². The Labute approximate surface area is 253 Å². The lowest BCUT2D eigenvalue weighted by atomic mass is 9.82. The van der Waals surface area contributed by atoms with Crippen molar-refractivity contribution in [3.8, 4) is 0 Å².